The number of anilines is 1. The van der Waals surface area contributed by atoms with E-state index in [9.17, 15) is 4.39 Å². The van der Waals surface area contributed by atoms with Crippen LogP contribution in [0.1, 0.15) is 11.1 Å². The van der Waals surface area contributed by atoms with Gasteiger partial charge in [0, 0.05) is 12.1 Å². The van der Waals surface area contributed by atoms with Gasteiger partial charge in [0.25, 0.3) is 0 Å². The number of hydrogen-bond acceptors (Lipinski definition) is 4. The topological polar surface area (TPSA) is 62.3 Å². The summed E-state index contributed by atoms with van der Waals surface area (Å²) < 4.78 is 19.6. The van der Waals surface area contributed by atoms with Crippen molar-refractivity contribution >= 4 is 5.69 Å². The smallest absolute Gasteiger partial charge is 0.167 e. The van der Waals surface area contributed by atoms with E-state index in [4.69, 9.17) is 15.7 Å². The van der Waals surface area contributed by atoms with Gasteiger partial charge < -0.3 is 15.4 Å². The number of nitrogens with two attached hydrogens (primary N) is 1. The number of ether oxygens (including phenoxy) is 1. The van der Waals surface area contributed by atoms with Crippen LogP contribution in [-0.4, -0.2) is 19.0 Å². The Balaban J connectivity index is 2.35. The fraction of sp³-hybridized carbons (Fsp3) is 0.188. The second-order valence-electron chi connectivity index (χ2n) is 4.90. The highest BCUT2D eigenvalue weighted by Crippen LogP contribution is 2.32. The molecule has 0 amide bonds. The fourth-order valence-electron chi connectivity index (χ4n) is 1.94. The first-order chi connectivity index (χ1) is 10.0. The Hall–Kier alpha value is -2.58. The molecular weight excluding hydrogens is 268 g/mol. The number of para-hydroxylation sites is 1. The summed E-state index contributed by atoms with van der Waals surface area (Å²) in [5.74, 6) is 0.0693. The van der Waals surface area contributed by atoms with Gasteiger partial charge in [-0.3, -0.25) is 0 Å². The average molecular weight is 284 g/mol. The maximum Gasteiger partial charge on any atom is 0.167 e. The molecule has 2 rings (SSSR count). The summed E-state index contributed by atoms with van der Waals surface area (Å²) in [5, 5.41) is 8.77. The third-order valence-electron chi connectivity index (χ3n) is 2.94. The number of hydrogen-bond donors (Lipinski definition) is 1. The minimum absolute atomic E-state index is 0.0959. The summed E-state index contributed by atoms with van der Waals surface area (Å²) in [5.41, 5.74) is 6.41. The number of nitriles is 1. The summed E-state index contributed by atoms with van der Waals surface area (Å²) in [7, 11) is 3.90. The maximum absolute atomic E-state index is 13.8. The molecule has 0 heterocycles. The zero-order valence-electron chi connectivity index (χ0n) is 11.9. The van der Waals surface area contributed by atoms with Crippen molar-refractivity contribution in [3.63, 3.8) is 0 Å². The monoisotopic (exact) mass is 284 g/mol. The first-order valence-electron chi connectivity index (χ1n) is 6.41. The number of halogens is 1. The lowest BCUT2D eigenvalue weighted by molar-refractivity contribution is 0.388. The van der Waals surface area contributed by atoms with Gasteiger partial charge in [-0.05, 0) is 32.3 Å². The standard InChI is InChI=1S/C16H16FN3O/c1-20(2)10-12-5-3-4-6-13(12)21-14-8-7-11(9-18)15(17)16(14)19/h3-8H,10,19H2,1-2H3/i17-1. The summed E-state index contributed by atoms with van der Waals surface area (Å²) in [6.07, 6.45) is 0. The van der Waals surface area contributed by atoms with Gasteiger partial charge in [0.2, 0.25) is 0 Å². The van der Waals surface area contributed by atoms with Crippen LogP contribution >= 0.6 is 0 Å². The van der Waals surface area contributed by atoms with Crippen LogP contribution in [0, 0.1) is 17.1 Å². The lowest BCUT2D eigenvalue weighted by Gasteiger charge is -2.16. The molecule has 4 nitrogen and oxygen atoms in total. The van der Waals surface area contributed by atoms with Crippen molar-refractivity contribution in [2.45, 2.75) is 6.54 Å². The molecule has 0 aliphatic rings. The molecule has 2 aromatic rings. The van der Waals surface area contributed by atoms with E-state index in [2.05, 4.69) is 0 Å². The Morgan fingerprint density at radius 1 is 1.19 bits per heavy atom. The molecule has 0 saturated heterocycles. The zero-order valence-corrected chi connectivity index (χ0v) is 11.9. The molecule has 0 radical (unpaired) electrons. The van der Waals surface area contributed by atoms with Crippen molar-refractivity contribution in [3.05, 3.63) is 53.3 Å². The van der Waals surface area contributed by atoms with Crippen LogP contribution in [-0.2, 0) is 6.54 Å². The number of nitrogens with zero attached hydrogens (tertiary/aromatic N) is 2. The normalized spacial score (nSPS) is 10.4. The number of benzene rings is 2. The van der Waals surface area contributed by atoms with Gasteiger partial charge in [-0.15, -0.1) is 0 Å². The summed E-state index contributed by atoms with van der Waals surface area (Å²) in [6, 6.07) is 12.1. The first kappa shape index (κ1) is 14.8. The van der Waals surface area contributed by atoms with Crippen molar-refractivity contribution < 1.29 is 9.13 Å². The Labute approximate surface area is 123 Å². The predicted octanol–water partition coefficient (Wildman–Crippen LogP) is 3.13. The SMILES string of the molecule is CN(C)Cc1ccccc1Oc1ccc(C#N)c([18F])c1N. The van der Waals surface area contributed by atoms with Gasteiger partial charge in [0.15, 0.2) is 11.6 Å². The average Bonchev–Trinajstić information content (AvgIpc) is 2.45. The molecule has 0 aromatic heterocycles. The van der Waals surface area contributed by atoms with Crippen molar-refractivity contribution in [2.24, 2.45) is 0 Å². The van der Waals surface area contributed by atoms with Crippen molar-refractivity contribution in [1.29, 1.82) is 5.26 Å². The Bertz CT molecular complexity index is 692. The fourth-order valence-corrected chi connectivity index (χ4v) is 1.94. The molecule has 0 atom stereocenters. The van der Waals surface area contributed by atoms with Crippen molar-refractivity contribution in [3.8, 4) is 17.6 Å². The van der Waals surface area contributed by atoms with Crippen LogP contribution in [0.2, 0.25) is 0 Å². The molecule has 0 spiro atoms. The molecule has 0 aliphatic carbocycles. The van der Waals surface area contributed by atoms with Crippen LogP contribution in [0.4, 0.5) is 10.1 Å². The van der Waals surface area contributed by atoms with Crippen LogP contribution in [0.5, 0.6) is 11.5 Å². The van der Waals surface area contributed by atoms with E-state index in [1.165, 1.54) is 12.1 Å². The highest BCUT2D eigenvalue weighted by atomic mass is 18.2. The third kappa shape index (κ3) is 3.30. The van der Waals surface area contributed by atoms with Gasteiger partial charge in [-0.1, -0.05) is 18.2 Å². The van der Waals surface area contributed by atoms with E-state index in [1.54, 1.807) is 12.1 Å². The minimum atomic E-state index is -0.750. The molecule has 2 aromatic carbocycles. The zero-order chi connectivity index (χ0) is 15.4. The van der Waals surface area contributed by atoms with E-state index < -0.39 is 5.82 Å². The molecule has 0 fully saturated rings. The lowest BCUT2D eigenvalue weighted by atomic mass is 10.1. The highest BCUT2D eigenvalue weighted by Gasteiger charge is 2.13. The quantitative estimate of drug-likeness (QED) is 0.876. The second kappa shape index (κ2) is 6.25. The molecule has 21 heavy (non-hydrogen) atoms. The molecule has 108 valence electrons. The Morgan fingerprint density at radius 2 is 1.90 bits per heavy atom. The van der Waals surface area contributed by atoms with Crippen LogP contribution in [0.25, 0.3) is 0 Å². The van der Waals surface area contributed by atoms with Gasteiger partial charge >= 0.3 is 0 Å². The minimum Gasteiger partial charge on any atom is -0.455 e. The van der Waals surface area contributed by atoms with E-state index in [0.29, 0.717) is 12.3 Å². The van der Waals surface area contributed by atoms with Crippen molar-refractivity contribution in [2.75, 3.05) is 19.8 Å². The van der Waals surface area contributed by atoms with Crippen LogP contribution < -0.4 is 10.5 Å². The predicted molar refractivity (Wildman–Crippen MR) is 79.4 cm³/mol. The second-order valence-corrected chi connectivity index (χ2v) is 4.90. The van der Waals surface area contributed by atoms with Gasteiger partial charge in [-0.25, -0.2) is 4.39 Å². The Kier molecular flexibility index (Phi) is 4.41. The maximum atomic E-state index is 13.8. The van der Waals surface area contributed by atoms with Gasteiger partial charge in [-0.2, -0.15) is 5.26 Å². The largest absolute Gasteiger partial charge is 0.455 e. The molecule has 2 N–H and O–H groups in total. The first-order valence-corrected chi connectivity index (χ1v) is 6.41. The van der Waals surface area contributed by atoms with Crippen molar-refractivity contribution in [1.82, 2.24) is 4.90 Å². The molecule has 0 unspecified atom stereocenters. The molecule has 5 heteroatoms. The summed E-state index contributed by atoms with van der Waals surface area (Å²) in [4.78, 5) is 2.00. The van der Waals surface area contributed by atoms with E-state index in [-0.39, 0.29) is 17.0 Å². The van der Waals surface area contributed by atoms with Gasteiger partial charge in [0.05, 0.1) is 5.56 Å². The molecular formula is C16H16FN3O. The lowest BCUT2D eigenvalue weighted by Crippen LogP contribution is -2.11. The molecule has 0 bridgehead atoms. The summed E-state index contributed by atoms with van der Waals surface area (Å²) in [6.45, 7) is 0.689. The molecule has 0 aliphatic heterocycles. The van der Waals surface area contributed by atoms with Crippen LogP contribution in [0.3, 0.4) is 0 Å². The van der Waals surface area contributed by atoms with Gasteiger partial charge in [0.1, 0.15) is 17.5 Å². The van der Waals surface area contributed by atoms with E-state index in [1.807, 2.05) is 37.2 Å². The summed E-state index contributed by atoms with van der Waals surface area (Å²) >= 11 is 0. The van der Waals surface area contributed by atoms with E-state index in [0.717, 1.165) is 5.56 Å². The number of rotatable bonds is 4. The Morgan fingerprint density at radius 3 is 2.57 bits per heavy atom. The highest BCUT2D eigenvalue weighted by molar-refractivity contribution is 5.59. The molecule has 0 saturated carbocycles. The van der Waals surface area contributed by atoms with Crippen LogP contribution in [0.15, 0.2) is 36.4 Å². The third-order valence-corrected chi connectivity index (χ3v) is 2.94. The van der Waals surface area contributed by atoms with E-state index >= 15 is 0 Å². The number of nitrogen functional groups attached to an aromatic ring is 1.